The van der Waals surface area contributed by atoms with Crippen molar-refractivity contribution in [2.75, 3.05) is 24.5 Å². The van der Waals surface area contributed by atoms with Gasteiger partial charge in [0.2, 0.25) is 0 Å². The molecule has 180 valence electrons. The molecule has 2 aliphatic heterocycles. The number of amides is 3. The number of benzene rings is 1. The zero-order chi connectivity index (χ0) is 25.2. The Hall–Kier alpha value is -4.11. The first-order valence-electron chi connectivity index (χ1n) is 11.6. The molecule has 3 heterocycles. The Morgan fingerprint density at radius 2 is 1.89 bits per heavy atom. The van der Waals surface area contributed by atoms with E-state index in [4.69, 9.17) is 4.74 Å². The molecule has 2 aromatic rings. The lowest BCUT2D eigenvalue weighted by molar-refractivity contribution is 0.0173. The van der Waals surface area contributed by atoms with Gasteiger partial charge in [-0.1, -0.05) is 0 Å². The Morgan fingerprint density at radius 1 is 1.14 bits per heavy atom. The van der Waals surface area contributed by atoms with Crippen LogP contribution in [0, 0.1) is 28.6 Å². The van der Waals surface area contributed by atoms with Gasteiger partial charge < -0.3 is 14.5 Å². The Bertz CT molecular complexity index is 1210. The summed E-state index contributed by atoms with van der Waals surface area (Å²) in [6.45, 7) is 7.63. The van der Waals surface area contributed by atoms with Crippen LogP contribution in [0.5, 0.6) is 0 Å². The van der Waals surface area contributed by atoms with Crippen molar-refractivity contribution in [2.45, 2.75) is 45.8 Å². The molecule has 1 fully saturated rings. The van der Waals surface area contributed by atoms with Crippen molar-refractivity contribution >= 4 is 23.5 Å². The molecular formula is C26H28N6O3. The summed E-state index contributed by atoms with van der Waals surface area (Å²) in [5, 5.41) is 18.7. The number of carbonyl (C=O) groups is 2. The van der Waals surface area contributed by atoms with E-state index in [0.717, 1.165) is 18.4 Å². The number of hydrogen-bond donors (Lipinski definition) is 0. The summed E-state index contributed by atoms with van der Waals surface area (Å²) in [4.78, 5) is 35.1. The second-order valence-electron chi connectivity index (χ2n) is 9.88. The number of hydrogen-bond acceptors (Lipinski definition) is 6. The molecule has 1 aromatic carbocycles. The number of nitrogens with zero attached hydrogens (tertiary/aromatic N) is 6. The molecule has 2 aliphatic rings. The highest BCUT2D eigenvalue weighted by Gasteiger charge is 2.35. The number of nitriles is 2. The summed E-state index contributed by atoms with van der Waals surface area (Å²) in [7, 11) is 0. The van der Waals surface area contributed by atoms with Gasteiger partial charge in [-0.3, -0.25) is 4.90 Å². The van der Waals surface area contributed by atoms with Crippen LogP contribution < -0.4 is 4.90 Å². The minimum absolute atomic E-state index is 0.188. The van der Waals surface area contributed by atoms with E-state index >= 15 is 0 Å². The van der Waals surface area contributed by atoms with Gasteiger partial charge in [0.25, 0.3) is 0 Å². The molecule has 0 radical (unpaired) electrons. The van der Waals surface area contributed by atoms with Crippen LogP contribution in [0.25, 0.3) is 0 Å². The fourth-order valence-corrected chi connectivity index (χ4v) is 4.47. The molecule has 0 N–H and O–H groups in total. The predicted octanol–water partition coefficient (Wildman–Crippen LogP) is 4.55. The third-order valence-electron chi connectivity index (χ3n) is 6.13. The predicted molar refractivity (Wildman–Crippen MR) is 129 cm³/mol. The lowest BCUT2D eigenvalue weighted by Crippen LogP contribution is -2.48. The lowest BCUT2D eigenvalue weighted by Gasteiger charge is -2.40. The molecule has 0 atom stereocenters. The molecule has 35 heavy (non-hydrogen) atoms. The van der Waals surface area contributed by atoms with Crippen LogP contribution in [-0.2, 0) is 11.3 Å². The summed E-state index contributed by atoms with van der Waals surface area (Å²) in [6, 6.07) is 12.5. The molecule has 3 amide bonds. The Labute approximate surface area is 205 Å². The molecule has 1 saturated heterocycles. The third kappa shape index (κ3) is 5.36. The fraction of sp³-hybridized carbons (Fsp3) is 0.423. The number of pyridine rings is 1. The van der Waals surface area contributed by atoms with Crippen molar-refractivity contribution < 1.29 is 14.3 Å². The number of ether oxygens (including phenoxy) is 1. The summed E-state index contributed by atoms with van der Waals surface area (Å²) in [5.74, 6) is 0.229. The maximum Gasteiger partial charge on any atom is 0.410 e. The van der Waals surface area contributed by atoms with Crippen LogP contribution in [0.15, 0.2) is 36.5 Å². The van der Waals surface area contributed by atoms with E-state index < -0.39 is 5.60 Å². The van der Waals surface area contributed by atoms with Crippen LogP contribution in [0.2, 0.25) is 0 Å². The second kappa shape index (κ2) is 9.63. The zero-order valence-electron chi connectivity index (χ0n) is 20.2. The van der Waals surface area contributed by atoms with Crippen LogP contribution >= 0.6 is 0 Å². The van der Waals surface area contributed by atoms with E-state index in [1.807, 2.05) is 26.8 Å². The number of aromatic nitrogens is 1. The SMILES string of the molecule is CC(C)(C)OC(=O)N1CCC(CN2Cc3cc(C#N)ccc3N(c3ccnc(C#N)c3)C2=O)CC1. The van der Waals surface area contributed by atoms with Gasteiger partial charge in [0.1, 0.15) is 17.4 Å². The van der Waals surface area contributed by atoms with Crippen LogP contribution in [0.1, 0.15) is 50.4 Å². The minimum Gasteiger partial charge on any atom is -0.444 e. The molecule has 0 bridgehead atoms. The first-order chi connectivity index (χ1) is 16.7. The molecule has 4 rings (SSSR count). The largest absolute Gasteiger partial charge is 0.444 e. The highest BCUT2D eigenvalue weighted by Crippen LogP contribution is 2.36. The quantitative estimate of drug-likeness (QED) is 0.648. The Balaban J connectivity index is 1.53. The molecular weight excluding hydrogens is 444 g/mol. The van der Waals surface area contributed by atoms with Crippen molar-refractivity contribution in [3.8, 4) is 12.1 Å². The maximum atomic E-state index is 13.6. The van der Waals surface area contributed by atoms with Crippen LogP contribution in [-0.4, -0.2) is 52.1 Å². The standard InChI is InChI=1S/C26H28N6O3/c1-26(2,3)35-25(34)30-10-7-18(8-11-30)16-31-17-20-12-19(14-27)4-5-23(20)32(24(31)33)22-6-9-29-21(13-22)15-28/h4-6,9,12-13,18H,7-8,10-11,16-17H2,1-3H3. The number of fused-ring (bicyclic) bond motifs is 1. The zero-order valence-corrected chi connectivity index (χ0v) is 20.2. The highest BCUT2D eigenvalue weighted by atomic mass is 16.6. The average Bonchev–Trinajstić information content (AvgIpc) is 2.83. The first-order valence-corrected chi connectivity index (χ1v) is 11.6. The summed E-state index contributed by atoms with van der Waals surface area (Å²) < 4.78 is 5.48. The number of anilines is 2. The number of rotatable bonds is 3. The Kier molecular flexibility index (Phi) is 6.61. The summed E-state index contributed by atoms with van der Waals surface area (Å²) in [6.07, 6.45) is 2.74. The molecule has 9 nitrogen and oxygen atoms in total. The fourth-order valence-electron chi connectivity index (χ4n) is 4.47. The summed E-state index contributed by atoms with van der Waals surface area (Å²) in [5.41, 5.74) is 2.32. The molecule has 0 saturated carbocycles. The molecule has 0 spiro atoms. The van der Waals surface area contributed by atoms with Crippen LogP contribution in [0.3, 0.4) is 0 Å². The van der Waals surface area contributed by atoms with Gasteiger partial charge in [-0.05, 0) is 75.4 Å². The normalized spacial score (nSPS) is 16.4. The smallest absolute Gasteiger partial charge is 0.410 e. The number of urea groups is 1. The van der Waals surface area contributed by atoms with E-state index in [1.165, 1.54) is 6.20 Å². The average molecular weight is 473 g/mol. The van der Waals surface area contributed by atoms with Crippen molar-refractivity contribution in [2.24, 2.45) is 5.92 Å². The van der Waals surface area contributed by atoms with Gasteiger partial charge in [-0.2, -0.15) is 10.5 Å². The van der Waals surface area contributed by atoms with Crippen molar-refractivity contribution in [3.63, 3.8) is 0 Å². The summed E-state index contributed by atoms with van der Waals surface area (Å²) >= 11 is 0. The molecule has 0 aliphatic carbocycles. The highest BCUT2D eigenvalue weighted by molar-refractivity contribution is 6.02. The minimum atomic E-state index is -0.536. The van der Waals surface area contributed by atoms with Gasteiger partial charge in [-0.25, -0.2) is 14.6 Å². The van der Waals surface area contributed by atoms with E-state index in [1.54, 1.807) is 45.0 Å². The molecule has 9 heteroatoms. The van der Waals surface area contributed by atoms with Crippen molar-refractivity contribution in [3.05, 3.63) is 53.3 Å². The maximum absolute atomic E-state index is 13.6. The van der Waals surface area contributed by atoms with Crippen LogP contribution in [0.4, 0.5) is 21.0 Å². The van der Waals surface area contributed by atoms with Gasteiger partial charge in [0.05, 0.1) is 23.0 Å². The van der Waals surface area contributed by atoms with Gasteiger partial charge in [0, 0.05) is 32.4 Å². The molecule has 0 unspecified atom stereocenters. The lowest BCUT2D eigenvalue weighted by atomic mass is 9.95. The van der Waals surface area contributed by atoms with Gasteiger partial charge in [-0.15, -0.1) is 0 Å². The van der Waals surface area contributed by atoms with Crippen molar-refractivity contribution in [1.29, 1.82) is 10.5 Å². The monoisotopic (exact) mass is 472 g/mol. The van der Waals surface area contributed by atoms with Crippen molar-refractivity contribution in [1.82, 2.24) is 14.8 Å². The first kappa shape index (κ1) is 24.0. The second-order valence-corrected chi connectivity index (χ2v) is 9.88. The Morgan fingerprint density at radius 3 is 2.54 bits per heavy atom. The van der Waals surface area contributed by atoms with E-state index in [-0.39, 0.29) is 23.7 Å². The van der Waals surface area contributed by atoms with E-state index in [0.29, 0.717) is 43.1 Å². The molecule has 1 aromatic heterocycles. The van der Waals surface area contributed by atoms with Gasteiger partial charge >= 0.3 is 12.1 Å². The number of carbonyl (C=O) groups excluding carboxylic acids is 2. The van der Waals surface area contributed by atoms with E-state index in [9.17, 15) is 20.1 Å². The number of piperidine rings is 1. The third-order valence-corrected chi connectivity index (χ3v) is 6.13. The van der Waals surface area contributed by atoms with E-state index in [2.05, 4.69) is 11.1 Å². The topological polar surface area (TPSA) is 114 Å². The number of likely N-dealkylation sites (tertiary alicyclic amines) is 1. The van der Waals surface area contributed by atoms with Gasteiger partial charge in [0.15, 0.2) is 0 Å².